The summed E-state index contributed by atoms with van der Waals surface area (Å²) in [5, 5.41) is 0. The number of carbonyl (C=O) groups excluding carboxylic acids is 2. The largest absolute Gasteiger partial charge is 0.462 e. The Bertz CT molecular complexity index is 224. The van der Waals surface area contributed by atoms with Crippen molar-refractivity contribution in [2.45, 2.75) is 25.9 Å². The van der Waals surface area contributed by atoms with Gasteiger partial charge in [-0.05, 0) is 12.3 Å². The van der Waals surface area contributed by atoms with Crippen LogP contribution in [0.3, 0.4) is 0 Å². The minimum Gasteiger partial charge on any atom is -0.462 e. The second-order valence-electron chi connectivity index (χ2n) is 3.82. The van der Waals surface area contributed by atoms with Crippen molar-refractivity contribution in [3.05, 3.63) is 0 Å². The van der Waals surface area contributed by atoms with Gasteiger partial charge >= 0.3 is 5.97 Å². The van der Waals surface area contributed by atoms with Crippen molar-refractivity contribution in [2.24, 2.45) is 17.8 Å². The zero-order valence-corrected chi connectivity index (χ0v) is 7.03. The Morgan fingerprint density at radius 2 is 2.33 bits per heavy atom. The van der Waals surface area contributed by atoms with Crippen LogP contribution in [0.25, 0.3) is 0 Å². The summed E-state index contributed by atoms with van der Waals surface area (Å²) in [5.74, 6) is 0.459. The SMILES string of the molecule is C[C@@H]1CC2OC(=O)C[C@@H]2[C@H]1C=O. The maximum absolute atomic E-state index is 10.9. The van der Waals surface area contributed by atoms with Crippen molar-refractivity contribution >= 4 is 12.3 Å². The third-order valence-electron chi connectivity index (χ3n) is 3.08. The van der Waals surface area contributed by atoms with Crippen molar-refractivity contribution in [1.82, 2.24) is 0 Å². The lowest BCUT2D eigenvalue weighted by atomic mass is 9.90. The maximum atomic E-state index is 10.9. The summed E-state index contributed by atoms with van der Waals surface area (Å²) in [7, 11) is 0. The molecule has 1 saturated heterocycles. The first-order valence-corrected chi connectivity index (χ1v) is 4.37. The van der Waals surface area contributed by atoms with Gasteiger partial charge in [0.15, 0.2) is 0 Å². The summed E-state index contributed by atoms with van der Waals surface area (Å²) in [4.78, 5) is 21.6. The number of carbonyl (C=O) groups is 2. The van der Waals surface area contributed by atoms with Gasteiger partial charge in [-0.1, -0.05) is 6.92 Å². The lowest BCUT2D eigenvalue weighted by molar-refractivity contribution is -0.141. The molecule has 3 heteroatoms. The second-order valence-corrected chi connectivity index (χ2v) is 3.82. The molecule has 4 atom stereocenters. The van der Waals surface area contributed by atoms with Gasteiger partial charge in [-0.15, -0.1) is 0 Å². The average Bonchev–Trinajstić information content (AvgIpc) is 2.43. The number of rotatable bonds is 1. The van der Waals surface area contributed by atoms with Crippen molar-refractivity contribution < 1.29 is 14.3 Å². The van der Waals surface area contributed by atoms with Crippen LogP contribution in [0.5, 0.6) is 0 Å². The highest BCUT2D eigenvalue weighted by molar-refractivity contribution is 5.73. The molecule has 1 heterocycles. The molecule has 0 N–H and O–H groups in total. The Kier molecular flexibility index (Phi) is 1.67. The summed E-state index contributed by atoms with van der Waals surface area (Å²) in [6.45, 7) is 2.05. The fraction of sp³-hybridized carbons (Fsp3) is 0.778. The standard InChI is InChI=1S/C9H12O3/c1-5-2-8-6(7(5)4-10)3-9(11)12-8/h4-8H,2-3H2,1H3/t5-,6-,7+,8?/m1/s1. The number of hydrogen-bond donors (Lipinski definition) is 0. The quantitative estimate of drug-likeness (QED) is 0.429. The summed E-state index contributed by atoms with van der Waals surface area (Å²) >= 11 is 0. The van der Waals surface area contributed by atoms with Gasteiger partial charge in [0.2, 0.25) is 0 Å². The third-order valence-corrected chi connectivity index (χ3v) is 3.08. The molecule has 1 aliphatic heterocycles. The van der Waals surface area contributed by atoms with Crippen LogP contribution in [-0.2, 0) is 14.3 Å². The molecule has 0 spiro atoms. The van der Waals surface area contributed by atoms with Crippen LogP contribution in [0, 0.1) is 17.8 Å². The molecule has 0 radical (unpaired) electrons. The van der Waals surface area contributed by atoms with Gasteiger partial charge < -0.3 is 9.53 Å². The van der Waals surface area contributed by atoms with E-state index in [1.807, 2.05) is 6.92 Å². The van der Waals surface area contributed by atoms with E-state index < -0.39 is 0 Å². The van der Waals surface area contributed by atoms with Crippen LogP contribution in [-0.4, -0.2) is 18.4 Å². The van der Waals surface area contributed by atoms with Crippen LogP contribution in [0.2, 0.25) is 0 Å². The maximum Gasteiger partial charge on any atom is 0.306 e. The predicted molar refractivity (Wildman–Crippen MR) is 41.3 cm³/mol. The Morgan fingerprint density at radius 3 is 3.00 bits per heavy atom. The molecule has 1 aliphatic carbocycles. The normalized spacial score (nSPS) is 45.6. The fourth-order valence-corrected chi connectivity index (χ4v) is 2.42. The molecule has 0 bridgehead atoms. The molecule has 0 aromatic rings. The van der Waals surface area contributed by atoms with Gasteiger partial charge in [0.25, 0.3) is 0 Å². The van der Waals surface area contributed by atoms with E-state index in [0.29, 0.717) is 12.3 Å². The van der Waals surface area contributed by atoms with E-state index in [-0.39, 0.29) is 23.9 Å². The first-order valence-electron chi connectivity index (χ1n) is 4.37. The Labute approximate surface area is 71.1 Å². The first-order chi connectivity index (χ1) is 5.72. The first kappa shape index (κ1) is 7.77. The highest BCUT2D eigenvalue weighted by atomic mass is 16.6. The van der Waals surface area contributed by atoms with E-state index >= 15 is 0 Å². The van der Waals surface area contributed by atoms with Gasteiger partial charge in [0.1, 0.15) is 12.4 Å². The molecular weight excluding hydrogens is 156 g/mol. The van der Waals surface area contributed by atoms with Crippen LogP contribution in [0.1, 0.15) is 19.8 Å². The molecular formula is C9H12O3. The van der Waals surface area contributed by atoms with Crippen LogP contribution in [0.15, 0.2) is 0 Å². The van der Waals surface area contributed by atoms with Crippen molar-refractivity contribution in [3.63, 3.8) is 0 Å². The van der Waals surface area contributed by atoms with E-state index in [1.54, 1.807) is 0 Å². The number of ether oxygens (including phenoxy) is 1. The second kappa shape index (κ2) is 2.57. The van der Waals surface area contributed by atoms with Gasteiger partial charge in [-0.25, -0.2) is 0 Å². The van der Waals surface area contributed by atoms with E-state index in [0.717, 1.165) is 12.7 Å². The molecule has 1 unspecified atom stereocenters. The summed E-state index contributed by atoms with van der Waals surface area (Å²) in [5.41, 5.74) is 0. The van der Waals surface area contributed by atoms with Crippen LogP contribution < -0.4 is 0 Å². The van der Waals surface area contributed by atoms with E-state index in [2.05, 4.69) is 0 Å². The third kappa shape index (κ3) is 0.958. The number of hydrogen-bond acceptors (Lipinski definition) is 3. The zero-order valence-electron chi connectivity index (χ0n) is 7.03. The van der Waals surface area contributed by atoms with Gasteiger partial charge in [0.05, 0.1) is 6.42 Å². The number of esters is 1. The summed E-state index contributed by atoms with van der Waals surface area (Å²) in [6, 6.07) is 0. The lowest BCUT2D eigenvalue weighted by Gasteiger charge is -2.10. The summed E-state index contributed by atoms with van der Waals surface area (Å²) in [6.07, 6.45) is 2.32. The monoisotopic (exact) mass is 168 g/mol. The van der Waals surface area contributed by atoms with E-state index in [4.69, 9.17) is 4.74 Å². The minimum absolute atomic E-state index is 0.0303. The molecule has 12 heavy (non-hydrogen) atoms. The van der Waals surface area contributed by atoms with E-state index in [1.165, 1.54) is 0 Å². The smallest absolute Gasteiger partial charge is 0.306 e. The van der Waals surface area contributed by atoms with E-state index in [9.17, 15) is 9.59 Å². The predicted octanol–water partition coefficient (Wildman–Crippen LogP) is 0.773. The molecule has 2 aliphatic rings. The Hall–Kier alpha value is -0.860. The molecule has 0 amide bonds. The fourth-order valence-electron chi connectivity index (χ4n) is 2.42. The highest BCUT2D eigenvalue weighted by Gasteiger charge is 2.48. The average molecular weight is 168 g/mol. The molecule has 0 aromatic carbocycles. The molecule has 66 valence electrons. The van der Waals surface area contributed by atoms with Crippen molar-refractivity contribution in [3.8, 4) is 0 Å². The van der Waals surface area contributed by atoms with Gasteiger partial charge in [0, 0.05) is 11.8 Å². The summed E-state index contributed by atoms with van der Waals surface area (Å²) < 4.78 is 5.09. The van der Waals surface area contributed by atoms with Crippen molar-refractivity contribution in [2.75, 3.05) is 0 Å². The Morgan fingerprint density at radius 1 is 1.58 bits per heavy atom. The number of aldehydes is 1. The van der Waals surface area contributed by atoms with Gasteiger partial charge in [-0.2, -0.15) is 0 Å². The van der Waals surface area contributed by atoms with Crippen molar-refractivity contribution in [1.29, 1.82) is 0 Å². The molecule has 2 rings (SSSR count). The Balaban J connectivity index is 2.16. The highest BCUT2D eigenvalue weighted by Crippen LogP contribution is 2.43. The minimum atomic E-state index is -0.135. The lowest BCUT2D eigenvalue weighted by Crippen LogP contribution is -2.16. The molecule has 0 aromatic heterocycles. The molecule has 1 saturated carbocycles. The topological polar surface area (TPSA) is 43.4 Å². The van der Waals surface area contributed by atoms with Crippen LogP contribution in [0.4, 0.5) is 0 Å². The molecule has 3 nitrogen and oxygen atoms in total. The molecule has 2 fully saturated rings. The van der Waals surface area contributed by atoms with Crippen LogP contribution >= 0.6 is 0 Å². The zero-order chi connectivity index (χ0) is 8.72. The van der Waals surface area contributed by atoms with Gasteiger partial charge in [-0.3, -0.25) is 4.79 Å². The number of fused-ring (bicyclic) bond motifs is 1.